The molecule has 0 unspecified atom stereocenters. The lowest BCUT2D eigenvalue weighted by molar-refractivity contribution is 0.628. The smallest absolute Gasteiger partial charge is 0.123 e. The number of pyridine rings is 1. The summed E-state index contributed by atoms with van der Waals surface area (Å²) in [5.41, 5.74) is 4.04. The number of aromatic nitrogens is 1. The quantitative estimate of drug-likeness (QED) is 0.684. The van der Waals surface area contributed by atoms with Gasteiger partial charge in [-0.3, -0.25) is 0 Å². The summed E-state index contributed by atoms with van der Waals surface area (Å²) < 4.78 is 13.2. The molecule has 1 aromatic heterocycles. The van der Waals surface area contributed by atoms with Gasteiger partial charge in [0.05, 0.1) is 16.9 Å². The van der Waals surface area contributed by atoms with Gasteiger partial charge in [0, 0.05) is 24.0 Å². The average Bonchev–Trinajstić information content (AvgIpc) is 3.09. The molecule has 110 valence electrons. The van der Waals surface area contributed by atoms with Crippen molar-refractivity contribution in [1.29, 1.82) is 0 Å². The van der Waals surface area contributed by atoms with Gasteiger partial charge in [-0.15, -0.1) is 0 Å². The van der Waals surface area contributed by atoms with Crippen LogP contribution >= 0.6 is 0 Å². The molecule has 3 heteroatoms. The first kappa shape index (κ1) is 13.3. The van der Waals surface area contributed by atoms with Crippen LogP contribution in [0.3, 0.4) is 0 Å². The molecule has 3 aromatic rings. The number of fused-ring (bicyclic) bond motifs is 1. The largest absolute Gasteiger partial charge is 0.370 e. The average molecular weight is 292 g/mol. The van der Waals surface area contributed by atoms with Gasteiger partial charge in [-0.25, -0.2) is 9.37 Å². The first-order valence-electron chi connectivity index (χ1n) is 7.72. The Kier molecular flexibility index (Phi) is 3.26. The normalized spacial score (nSPS) is 14.7. The van der Waals surface area contributed by atoms with Gasteiger partial charge in [0.25, 0.3) is 0 Å². The van der Waals surface area contributed by atoms with E-state index in [1.807, 2.05) is 30.3 Å². The van der Waals surface area contributed by atoms with Gasteiger partial charge in [0.15, 0.2) is 0 Å². The topological polar surface area (TPSA) is 16.1 Å². The Morgan fingerprint density at radius 2 is 1.64 bits per heavy atom. The van der Waals surface area contributed by atoms with Gasteiger partial charge in [-0.2, -0.15) is 0 Å². The lowest BCUT2D eigenvalue weighted by Gasteiger charge is -2.21. The first-order valence-corrected chi connectivity index (χ1v) is 7.72. The van der Waals surface area contributed by atoms with E-state index in [0.717, 1.165) is 40.9 Å². The molecule has 1 saturated heterocycles. The van der Waals surface area contributed by atoms with Crippen LogP contribution in [0.5, 0.6) is 0 Å². The number of rotatable bonds is 2. The van der Waals surface area contributed by atoms with Crippen molar-refractivity contribution in [1.82, 2.24) is 4.98 Å². The van der Waals surface area contributed by atoms with Crippen LogP contribution in [-0.4, -0.2) is 18.1 Å². The maximum Gasteiger partial charge on any atom is 0.123 e. The summed E-state index contributed by atoms with van der Waals surface area (Å²) in [6, 6.07) is 17.0. The Labute approximate surface area is 129 Å². The fraction of sp³-hybridized carbons (Fsp3) is 0.211. The van der Waals surface area contributed by atoms with Crippen LogP contribution in [0.1, 0.15) is 12.8 Å². The summed E-state index contributed by atoms with van der Waals surface area (Å²) in [5.74, 6) is -0.215. The molecule has 2 nitrogen and oxygen atoms in total. The van der Waals surface area contributed by atoms with Gasteiger partial charge < -0.3 is 4.90 Å². The number of para-hydroxylation sites is 1. The monoisotopic (exact) mass is 292 g/mol. The van der Waals surface area contributed by atoms with Crippen LogP contribution in [0.4, 0.5) is 10.1 Å². The maximum absolute atomic E-state index is 13.2. The van der Waals surface area contributed by atoms with Gasteiger partial charge in [0.1, 0.15) is 5.82 Å². The molecule has 22 heavy (non-hydrogen) atoms. The minimum atomic E-state index is -0.215. The van der Waals surface area contributed by atoms with Crippen molar-refractivity contribution >= 4 is 16.6 Å². The predicted molar refractivity (Wildman–Crippen MR) is 88.6 cm³/mol. The van der Waals surface area contributed by atoms with E-state index in [1.165, 1.54) is 25.0 Å². The highest BCUT2D eigenvalue weighted by molar-refractivity contribution is 5.89. The molecule has 0 bridgehead atoms. The Bertz CT molecular complexity index is 805. The van der Waals surface area contributed by atoms with Crippen molar-refractivity contribution in [3.63, 3.8) is 0 Å². The lowest BCUT2D eigenvalue weighted by Crippen LogP contribution is -2.19. The molecule has 2 heterocycles. The third kappa shape index (κ3) is 2.33. The van der Waals surface area contributed by atoms with E-state index in [0.29, 0.717) is 0 Å². The molecular formula is C19H17FN2. The Morgan fingerprint density at radius 3 is 2.41 bits per heavy atom. The predicted octanol–water partition coefficient (Wildman–Crippen LogP) is 4.64. The van der Waals surface area contributed by atoms with Crippen LogP contribution in [0, 0.1) is 5.82 Å². The zero-order valence-electron chi connectivity index (χ0n) is 12.3. The minimum absolute atomic E-state index is 0.215. The standard InChI is InChI=1S/C19H17FN2/c20-16-9-7-14(8-10-16)19-18(22-11-3-4-12-22)13-15-5-1-2-6-17(15)21-19/h1-2,5-10,13H,3-4,11-12H2. The van der Waals surface area contributed by atoms with Crippen molar-refractivity contribution in [2.75, 3.05) is 18.0 Å². The molecule has 0 amide bonds. The van der Waals surface area contributed by atoms with E-state index in [-0.39, 0.29) is 5.82 Å². The third-order valence-electron chi connectivity index (χ3n) is 4.27. The summed E-state index contributed by atoms with van der Waals surface area (Å²) in [5, 5.41) is 1.15. The molecule has 0 aliphatic carbocycles. The fourth-order valence-electron chi connectivity index (χ4n) is 3.12. The summed E-state index contributed by atoms with van der Waals surface area (Å²) in [4.78, 5) is 7.24. The molecule has 2 aromatic carbocycles. The highest BCUT2D eigenvalue weighted by atomic mass is 19.1. The molecule has 0 spiro atoms. The highest BCUT2D eigenvalue weighted by Gasteiger charge is 2.18. The van der Waals surface area contributed by atoms with Crippen molar-refractivity contribution in [3.8, 4) is 11.3 Å². The SMILES string of the molecule is Fc1ccc(-c2nc3ccccc3cc2N2CCCC2)cc1. The maximum atomic E-state index is 13.2. The van der Waals surface area contributed by atoms with Crippen LogP contribution in [-0.2, 0) is 0 Å². The van der Waals surface area contributed by atoms with Gasteiger partial charge in [-0.1, -0.05) is 18.2 Å². The van der Waals surface area contributed by atoms with Crippen molar-refractivity contribution in [2.45, 2.75) is 12.8 Å². The van der Waals surface area contributed by atoms with Gasteiger partial charge in [-0.05, 0) is 49.2 Å². The molecule has 0 N–H and O–H groups in total. The van der Waals surface area contributed by atoms with Gasteiger partial charge >= 0.3 is 0 Å². The number of halogens is 1. The van der Waals surface area contributed by atoms with Crippen LogP contribution < -0.4 is 4.90 Å². The van der Waals surface area contributed by atoms with E-state index in [2.05, 4.69) is 17.0 Å². The molecule has 1 aliphatic heterocycles. The van der Waals surface area contributed by atoms with Crippen molar-refractivity contribution in [2.24, 2.45) is 0 Å². The van der Waals surface area contributed by atoms with E-state index in [9.17, 15) is 4.39 Å². The molecule has 1 fully saturated rings. The molecule has 4 rings (SSSR count). The summed E-state index contributed by atoms with van der Waals surface area (Å²) in [6.45, 7) is 2.13. The second-order valence-corrected chi connectivity index (χ2v) is 5.75. The van der Waals surface area contributed by atoms with Crippen LogP contribution in [0.15, 0.2) is 54.6 Å². The number of hydrogen-bond acceptors (Lipinski definition) is 2. The minimum Gasteiger partial charge on any atom is -0.370 e. The first-order chi connectivity index (χ1) is 10.8. The summed E-state index contributed by atoms with van der Waals surface area (Å²) >= 11 is 0. The van der Waals surface area contributed by atoms with E-state index >= 15 is 0 Å². The van der Waals surface area contributed by atoms with Crippen LogP contribution in [0.2, 0.25) is 0 Å². The zero-order valence-corrected chi connectivity index (χ0v) is 12.3. The Morgan fingerprint density at radius 1 is 0.909 bits per heavy atom. The molecule has 0 radical (unpaired) electrons. The fourth-order valence-corrected chi connectivity index (χ4v) is 3.12. The molecular weight excluding hydrogens is 275 g/mol. The van der Waals surface area contributed by atoms with Crippen molar-refractivity contribution < 1.29 is 4.39 Å². The number of hydrogen-bond donors (Lipinski definition) is 0. The zero-order chi connectivity index (χ0) is 14.9. The number of benzene rings is 2. The molecule has 1 aliphatic rings. The second kappa shape index (κ2) is 5.41. The van der Waals surface area contributed by atoms with E-state index in [1.54, 1.807) is 0 Å². The number of anilines is 1. The van der Waals surface area contributed by atoms with Crippen LogP contribution in [0.25, 0.3) is 22.2 Å². The third-order valence-corrected chi connectivity index (χ3v) is 4.27. The highest BCUT2D eigenvalue weighted by Crippen LogP contribution is 2.34. The molecule has 0 saturated carbocycles. The lowest BCUT2D eigenvalue weighted by atomic mass is 10.1. The molecule has 0 atom stereocenters. The summed E-state index contributed by atoms with van der Waals surface area (Å²) in [7, 11) is 0. The summed E-state index contributed by atoms with van der Waals surface area (Å²) in [6.07, 6.45) is 2.44. The van der Waals surface area contributed by atoms with Gasteiger partial charge in [0.2, 0.25) is 0 Å². The Balaban J connectivity index is 1.93. The second-order valence-electron chi connectivity index (χ2n) is 5.75. The number of nitrogens with zero attached hydrogens (tertiary/aromatic N) is 2. The van der Waals surface area contributed by atoms with E-state index in [4.69, 9.17) is 4.98 Å². The van der Waals surface area contributed by atoms with E-state index < -0.39 is 0 Å². The Hall–Kier alpha value is -2.42. The van der Waals surface area contributed by atoms with Crippen molar-refractivity contribution in [3.05, 3.63) is 60.4 Å².